The number of non-ortho nitro benzene ring substituents is 1. The minimum Gasteiger partial charge on any atom is -0.326 e. The Morgan fingerprint density at radius 2 is 1.64 bits per heavy atom. The van der Waals surface area contributed by atoms with E-state index in [2.05, 4.69) is 5.32 Å². The molecule has 0 heterocycles. The third-order valence-corrected chi connectivity index (χ3v) is 3.10. The Balaban J connectivity index is 1.96. The van der Waals surface area contributed by atoms with E-state index in [0.29, 0.717) is 16.3 Å². The maximum absolute atomic E-state index is 11.9. The van der Waals surface area contributed by atoms with E-state index in [0.717, 1.165) is 0 Å². The van der Waals surface area contributed by atoms with Gasteiger partial charge in [-0.3, -0.25) is 19.7 Å². The van der Waals surface area contributed by atoms with E-state index >= 15 is 0 Å². The van der Waals surface area contributed by atoms with Crippen LogP contribution in [0.5, 0.6) is 0 Å². The Labute approximate surface area is 130 Å². The van der Waals surface area contributed by atoms with Gasteiger partial charge in [0, 0.05) is 28.4 Å². The van der Waals surface area contributed by atoms with Gasteiger partial charge in [0.25, 0.3) is 5.69 Å². The molecule has 0 aliphatic carbocycles. The van der Waals surface area contributed by atoms with Gasteiger partial charge >= 0.3 is 0 Å². The normalized spacial score (nSPS) is 10.0. The molecule has 0 saturated heterocycles. The lowest BCUT2D eigenvalue weighted by molar-refractivity contribution is -0.384. The summed E-state index contributed by atoms with van der Waals surface area (Å²) in [6, 6.07) is 11.6. The Hall–Kier alpha value is -2.73. The van der Waals surface area contributed by atoms with E-state index in [4.69, 9.17) is 11.6 Å². The van der Waals surface area contributed by atoms with Crippen LogP contribution in [0.25, 0.3) is 0 Å². The lowest BCUT2D eigenvalue weighted by atomic mass is 10.1. The highest BCUT2D eigenvalue weighted by Crippen LogP contribution is 2.16. The van der Waals surface area contributed by atoms with Crippen molar-refractivity contribution < 1.29 is 14.5 Å². The molecule has 0 saturated carbocycles. The Kier molecular flexibility index (Phi) is 4.85. The Morgan fingerprint density at radius 3 is 2.18 bits per heavy atom. The van der Waals surface area contributed by atoms with E-state index in [-0.39, 0.29) is 17.9 Å². The fourth-order valence-corrected chi connectivity index (χ4v) is 1.88. The highest BCUT2D eigenvalue weighted by atomic mass is 35.5. The molecular formula is C15H11ClN2O4. The number of nitro benzene ring substituents is 1. The zero-order chi connectivity index (χ0) is 16.1. The number of nitrogens with one attached hydrogen (secondary N) is 1. The summed E-state index contributed by atoms with van der Waals surface area (Å²) < 4.78 is 0. The molecule has 0 aliphatic heterocycles. The number of amides is 1. The topological polar surface area (TPSA) is 89.3 Å². The molecule has 0 aliphatic rings. The van der Waals surface area contributed by atoms with Crippen LogP contribution in [-0.2, 0) is 4.79 Å². The number of nitro groups is 1. The maximum atomic E-state index is 11.9. The molecule has 7 heteroatoms. The Bertz CT molecular complexity index is 711. The fraction of sp³-hybridized carbons (Fsp3) is 0.0667. The summed E-state index contributed by atoms with van der Waals surface area (Å²) in [7, 11) is 0. The first-order chi connectivity index (χ1) is 10.5. The molecule has 0 unspecified atom stereocenters. The average molecular weight is 319 g/mol. The maximum Gasteiger partial charge on any atom is 0.269 e. The first-order valence-electron chi connectivity index (χ1n) is 6.29. The summed E-state index contributed by atoms with van der Waals surface area (Å²) in [4.78, 5) is 33.7. The molecule has 2 rings (SSSR count). The van der Waals surface area contributed by atoms with Gasteiger partial charge in [-0.2, -0.15) is 0 Å². The fourth-order valence-electron chi connectivity index (χ4n) is 1.76. The summed E-state index contributed by atoms with van der Waals surface area (Å²) in [6.45, 7) is 0. The van der Waals surface area contributed by atoms with Gasteiger partial charge in [0.15, 0.2) is 5.78 Å². The van der Waals surface area contributed by atoms with Gasteiger partial charge in [-0.1, -0.05) is 11.6 Å². The second kappa shape index (κ2) is 6.82. The van der Waals surface area contributed by atoms with E-state index < -0.39 is 10.8 Å². The number of rotatable bonds is 5. The molecule has 112 valence electrons. The number of carbonyl (C=O) groups is 2. The van der Waals surface area contributed by atoms with Gasteiger partial charge in [-0.15, -0.1) is 0 Å². The molecule has 2 aromatic rings. The number of Topliss-reactive ketones (excluding diaryl/α,β-unsaturated/α-hetero) is 1. The van der Waals surface area contributed by atoms with Crippen LogP contribution in [0.4, 0.5) is 11.4 Å². The number of benzene rings is 2. The van der Waals surface area contributed by atoms with Crippen molar-refractivity contribution in [1.29, 1.82) is 0 Å². The summed E-state index contributed by atoms with van der Waals surface area (Å²) in [5, 5.41) is 13.5. The van der Waals surface area contributed by atoms with E-state index in [1.165, 1.54) is 24.3 Å². The van der Waals surface area contributed by atoms with Crippen LogP contribution in [0.3, 0.4) is 0 Å². The summed E-state index contributed by atoms with van der Waals surface area (Å²) >= 11 is 5.73. The molecule has 6 nitrogen and oxygen atoms in total. The van der Waals surface area contributed by atoms with Crippen molar-refractivity contribution in [2.45, 2.75) is 6.42 Å². The summed E-state index contributed by atoms with van der Waals surface area (Å²) in [5.41, 5.74) is 0.706. The van der Waals surface area contributed by atoms with E-state index in [1.807, 2.05) is 0 Å². The predicted octanol–water partition coefficient (Wildman–Crippen LogP) is 3.46. The second-order valence-electron chi connectivity index (χ2n) is 4.46. The number of hydrogen-bond acceptors (Lipinski definition) is 4. The zero-order valence-corrected chi connectivity index (χ0v) is 12.0. The van der Waals surface area contributed by atoms with Gasteiger partial charge in [-0.25, -0.2) is 0 Å². The van der Waals surface area contributed by atoms with Crippen molar-refractivity contribution >= 4 is 34.7 Å². The molecule has 1 amide bonds. The van der Waals surface area contributed by atoms with Crippen LogP contribution in [0.15, 0.2) is 48.5 Å². The number of carbonyl (C=O) groups excluding carboxylic acids is 2. The van der Waals surface area contributed by atoms with Gasteiger partial charge in [0.05, 0.1) is 11.3 Å². The first kappa shape index (κ1) is 15.7. The lowest BCUT2D eigenvalue weighted by Crippen LogP contribution is -2.16. The van der Waals surface area contributed by atoms with Crippen LogP contribution < -0.4 is 5.32 Å². The van der Waals surface area contributed by atoms with Gasteiger partial charge in [-0.05, 0) is 36.4 Å². The third kappa shape index (κ3) is 4.13. The predicted molar refractivity (Wildman–Crippen MR) is 82.1 cm³/mol. The van der Waals surface area contributed by atoms with Crippen molar-refractivity contribution in [2.24, 2.45) is 0 Å². The number of ketones is 1. The molecular weight excluding hydrogens is 308 g/mol. The molecule has 0 aromatic heterocycles. The van der Waals surface area contributed by atoms with Crippen LogP contribution in [0.1, 0.15) is 16.8 Å². The van der Waals surface area contributed by atoms with Crippen molar-refractivity contribution in [1.82, 2.24) is 0 Å². The van der Waals surface area contributed by atoms with Crippen molar-refractivity contribution in [2.75, 3.05) is 5.32 Å². The number of hydrogen-bond donors (Lipinski definition) is 1. The van der Waals surface area contributed by atoms with E-state index in [1.54, 1.807) is 24.3 Å². The largest absolute Gasteiger partial charge is 0.326 e. The summed E-state index contributed by atoms with van der Waals surface area (Å²) in [5.74, 6) is -0.829. The second-order valence-corrected chi connectivity index (χ2v) is 4.90. The molecule has 2 aromatic carbocycles. The molecule has 0 spiro atoms. The quantitative estimate of drug-likeness (QED) is 0.395. The van der Waals surface area contributed by atoms with Crippen LogP contribution in [-0.4, -0.2) is 16.6 Å². The smallest absolute Gasteiger partial charge is 0.269 e. The average Bonchev–Trinajstić information content (AvgIpc) is 2.48. The Morgan fingerprint density at radius 1 is 1.05 bits per heavy atom. The highest BCUT2D eigenvalue weighted by Gasteiger charge is 2.12. The standard InChI is InChI=1S/C15H11ClN2O4/c16-11-3-1-10(2-4-11)14(19)9-15(20)17-12-5-7-13(8-6-12)18(21)22/h1-8H,9H2,(H,17,20). The molecule has 22 heavy (non-hydrogen) atoms. The van der Waals surface area contributed by atoms with Crippen LogP contribution in [0.2, 0.25) is 5.02 Å². The van der Waals surface area contributed by atoms with Gasteiger partial charge < -0.3 is 5.32 Å². The van der Waals surface area contributed by atoms with Gasteiger partial charge in [0.1, 0.15) is 0 Å². The molecule has 0 fully saturated rings. The van der Waals surface area contributed by atoms with Crippen LogP contribution >= 0.6 is 11.6 Å². The number of nitrogens with zero attached hydrogens (tertiary/aromatic N) is 1. The lowest BCUT2D eigenvalue weighted by Gasteiger charge is -2.05. The number of anilines is 1. The van der Waals surface area contributed by atoms with Gasteiger partial charge in [0.2, 0.25) is 5.91 Å². The zero-order valence-electron chi connectivity index (χ0n) is 11.3. The highest BCUT2D eigenvalue weighted by molar-refractivity contribution is 6.30. The van der Waals surface area contributed by atoms with Crippen molar-refractivity contribution in [3.63, 3.8) is 0 Å². The molecule has 0 atom stereocenters. The van der Waals surface area contributed by atoms with E-state index in [9.17, 15) is 19.7 Å². The first-order valence-corrected chi connectivity index (χ1v) is 6.66. The minimum atomic E-state index is -0.532. The monoisotopic (exact) mass is 318 g/mol. The molecule has 0 bridgehead atoms. The van der Waals surface area contributed by atoms with Crippen molar-refractivity contribution in [3.05, 3.63) is 69.2 Å². The third-order valence-electron chi connectivity index (χ3n) is 2.85. The summed E-state index contributed by atoms with van der Waals surface area (Å²) in [6.07, 6.45) is -0.321. The SMILES string of the molecule is O=C(CC(=O)c1ccc(Cl)cc1)Nc1ccc([N+](=O)[O-])cc1. The molecule has 0 radical (unpaired) electrons. The minimum absolute atomic E-state index is 0.0739. The number of halogens is 1. The molecule has 1 N–H and O–H groups in total. The van der Waals surface area contributed by atoms with Crippen molar-refractivity contribution in [3.8, 4) is 0 Å². The van der Waals surface area contributed by atoms with Crippen LogP contribution in [0, 0.1) is 10.1 Å².